The second-order valence-corrected chi connectivity index (χ2v) is 8.48. The Balaban J connectivity index is 1.50. The van der Waals surface area contributed by atoms with Crippen molar-refractivity contribution >= 4 is 16.9 Å². The van der Waals surface area contributed by atoms with Gasteiger partial charge in [0.15, 0.2) is 5.43 Å². The fourth-order valence-corrected chi connectivity index (χ4v) is 4.63. The molecule has 2 heterocycles. The first kappa shape index (κ1) is 20.9. The number of carbonyl (C=O) groups excluding carboxylic acids is 1. The zero-order chi connectivity index (χ0) is 23.8. The van der Waals surface area contributed by atoms with E-state index >= 15 is 0 Å². The van der Waals surface area contributed by atoms with Crippen LogP contribution in [0, 0.1) is 0 Å². The van der Waals surface area contributed by atoms with Gasteiger partial charge in [0.1, 0.15) is 17.1 Å². The highest BCUT2D eigenvalue weighted by Crippen LogP contribution is 2.40. The second-order valence-electron chi connectivity index (χ2n) is 8.48. The summed E-state index contributed by atoms with van der Waals surface area (Å²) in [4.78, 5) is 29.0. The number of hydrogen-bond acceptors (Lipinski definition) is 4. The number of rotatable bonds is 5. The first-order valence-electron chi connectivity index (χ1n) is 11.4. The summed E-state index contributed by atoms with van der Waals surface area (Å²) in [5.74, 6) is 1.13. The minimum atomic E-state index is -0.599. The third-order valence-electron chi connectivity index (χ3n) is 6.22. The standard InChI is InChI=1S/C30H21NO4/c32-28-24-16-7-8-17-25(24)35-29-26(28)27(31(30(29)33)19-20-10-3-1-4-11-20)21-12-9-15-23(18-21)34-22-13-5-2-6-14-22/h1-18,27H,19H2. The maximum Gasteiger partial charge on any atom is 0.291 e. The Bertz CT molecular complexity index is 1590. The fourth-order valence-electron chi connectivity index (χ4n) is 4.63. The fraction of sp³-hybridized carbons (Fsp3) is 0.0667. The maximum absolute atomic E-state index is 13.7. The quantitative estimate of drug-likeness (QED) is 0.308. The van der Waals surface area contributed by atoms with Gasteiger partial charge in [0.05, 0.1) is 17.0 Å². The summed E-state index contributed by atoms with van der Waals surface area (Å²) in [6.45, 7) is 0.341. The van der Waals surface area contributed by atoms with Crippen molar-refractivity contribution in [1.82, 2.24) is 4.90 Å². The van der Waals surface area contributed by atoms with Gasteiger partial charge in [-0.3, -0.25) is 9.59 Å². The molecule has 0 saturated carbocycles. The molecule has 1 atom stereocenters. The SMILES string of the molecule is O=C1c2oc3ccccc3c(=O)c2C(c2cccc(Oc3ccccc3)c2)N1Cc1ccccc1. The van der Waals surface area contributed by atoms with Crippen molar-refractivity contribution in [1.29, 1.82) is 0 Å². The normalized spacial score (nSPS) is 14.8. The van der Waals surface area contributed by atoms with Crippen LogP contribution in [0.3, 0.4) is 0 Å². The van der Waals surface area contributed by atoms with Crippen LogP contribution in [0.15, 0.2) is 118 Å². The van der Waals surface area contributed by atoms with Crippen LogP contribution in [-0.4, -0.2) is 10.8 Å². The predicted molar refractivity (Wildman–Crippen MR) is 134 cm³/mol. The van der Waals surface area contributed by atoms with E-state index in [1.807, 2.05) is 84.9 Å². The van der Waals surface area contributed by atoms with Gasteiger partial charge in [-0.05, 0) is 47.5 Å². The van der Waals surface area contributed by atoms with Crippen LogP contribution >= 0.6 is 0 Å². The van der Waals surface area contributed by atoms with Crippen LogP contribution < -0.4 is 10.2 Å². The van der Waals surface area contributed by atoms with Gasteiger partial charge in [-0.25, -0.2) is 0 Å². The molecule has 4 aromatic carbocycles. The molecule has 1 amide bonds. The number of fused-ring (bicyclic) bond motifs is 2. The minimum Gasteiger partial charge on any atom is -0.457 e. The van der Waals surface area contributed by atoms with Gasteiger partial charge in [-0.15, -0.1) is 0 Å². The van der Waals surface area contributed by atoms with Crippen LogP contribution in [0.1, 0.15) is 33.3 Å². The van der Waals surface area contributed by atoms with Crippen LogP contribution in [0.25, 0.3) is 11.0 Å². The summed E-state index contributed by atoms with van der Waals surface area (Å²) >= 11 is 0. The maximum atomic E-state index is 13.7. The Morgan fingerprint density at radius 3 is 2.23 bits per heavy atom. The summed E-state index contributed by atoms with van der Waals surface area (Å²) in [6, 6.07) is 33.2. The summed E-state index contributed by atoms with van der Waals surface area (Å²) in [5.41, 5.74) is 2.33. The van der Waals surface area contributed by atoms with Crippen molar-refractivity contribution in [3.05, 3.63) is 142 Å². The summed E-state index contributed by atoms with van der Waals surface area (Å²) in [7, 11) is 0. The topological polar surface area (TPSA) is 59.8 Å². The number of hydrogen-bond donors (Lipinski definition) is 0. The molecule has 0 aliphatic carbocycles. The average Bonchev–Trinajstić information content (AvgIpc) is 3.17. The van der Waals surface area contributed by atoms with Crippen molar-refractivity contribution < 1.29 is 13.9 Å². The zero-order valence-corrected chi connectivity index (χ0v) is 18.8. The van der Waals surface area contributed by atoms with Crippen molar-refractivity contribution in [2.24, 2.45) is 0 Å². The molecule has 0 fully saturated rings. The molecule has 5 aromatic rings. The van der Waals surface area contributed by atoms with Gasteiger partial charge >= 0.3 is 0 Å². The van der Waals surface area contributed by atoms with E-state index in [1.54, 1.807) is 29.2 Å². The predicted octanol–water partition coefficient (Wildman–Crippen LogP) is 6.33. The highest BCUT2D eigenvalue weighted by atomic mass is 16.5. The van der Waals surface area contributed by atoms with Crippen molar-refractivity contribution in [2.75, 3.05) is 0 Å². The Labute approximate surface area is 201 Å². The van der Waals surface area contributed by atoms with Gasteiger partial charge in [-0.2, -0.15) is 0 Å². The van der Waals surface area contributed by atoms with E-state index < -0.39 is 6.04 Å². The van der Waals surface area contributed by atoms with Crippen LogP contribution in [0.4, 0.5) is 0 Å². The first-order chi connectivity index (χ1) is 17.2. The monoisotopic (exact) mass is 459 g/mol. The molecule has 35 heavy (non-hydrogen) atoms. The minimum absolute atomic E-state index is 0.101. The van der Waals surface area contributed by atoms with Gasteiger partial charge in [0.25, 0.3) is 5.91 Å². The summed E-state index contributed by atoms with van der Waals surface area (Å²) in [6.07, 6.45) is 0. The Morgan fingerprint density at radius 1 is 0.743 bits per heavy atom. The zero-order valence-electron chi connectivity index (χ0n) is 18.8. The van der Waals surface area contributed by atoms with Crippen molar-refractivity contribution in [3.8, 4) is 11.5 Å². The third kappa shape index (κ3) is 3.77. The molecule has 1 aromatic heterocycles. The summed E-state index contributed by atoms with van der Waals surface area (Å²) in [5, 5.41) is 0.460. The van der Waals surface area contributed by atoms with E-state index in [0.717, 1.165) is 11.1 Å². The lowest BCUT2D eigenvalue weighted by Gasteiger charge is -2.25. The Kier molecular flexibility index (Phi) is 5.15. The number of benzene rings is 4. The molecular weight excluding hydrogens is 438 g/mol. The van der Waals surface area contributed by atoms with Crippen LogP contribution in [-0.2, 0) is 6.54 Å². The average molecular weight is 460 g/mol. The molecule has 5 heteroatoms. The van der Waals surface area contributed by atoms with Crippen LogP contribution in [0.2, 0.25) is 0 Å². The Hall–Kier alpha value is -4.64. The molecule has 1 aliphatic heterocycles. The lowest BCUT2D eigenvalue weighted by atomic mass is 9.98. The molecule has 0 N–H and O–H groups in total. The van der Waals surface area contributed by atoms with Gasteiger partial charge < -0.3 is 14.1 Å². The first-order valence-corrected chi connectivity index (χ1v) is 11.4. The smallest absolute Gasteiger partial charge is 0.291 e. The van der Waals surface area contributed by atoms with Crippen molar-refractivity contribution in [2.45, 2.75) is 12.6 Å². The molecule has 0 radical (unpaired) electrons. The molecule has 170 valence electrons. The lowest BCUT2D eigenvalue weighted by molar-refractivity contribution is 0.0714. The molecule has 1 unspecified atom stereocenters. The Morgan fingerprint density at radius 2 is 1.43 bits per heavy atom. The van der Waals surface area contributed by atoms with Crippen LogP contribution in [0.5, 0.6) is 11.5 Å². The molecule has 0 bridgehead atoms. The summed E-state index contributed by atoms with van der Waals surface area (Å²) < 4.78 is 12.1. The van der Waals surface area contributed by atoms with E-state index in [9.17, 15) is 9.59 Å². The number of nitrogens with zero attached hydrogens (tertiary/aromatic N) is 1. The molecular formula is C30H21NO4. The molecule has 6 rings (SSSR count). The molecule has 0 saturated heterocycles. The highest BCUT2D eigenvalue weighted by molar-refractivity contribution is 5.99. The second kappa shape index (κ2) is 8.61. The van der Waals surface area contributed by atoms with E-state index in [-0.39, 0.29) is 17.1 Å². The van der Waals surface area contributed by atoms with E-state index in [0.29, 0.717) is 34.6 Å². The van der Waals surface area contributed by atoms with E-state index in [2.05, 4.69) is 0 Å². The number of ether oxygens (including phenoxy) is 1. The largest absolute Gasteiger partial charge is 0.457 e. The lowest BCUT2D eigenvalue weighted by Crippen LogP contribution is -2.29. The van der Waals surface area contributed by atoms with E-state index in [4.69, 9.17) is 9.15 Å². The van der Waals surface area contributed by atoms with Gasteiger partial charge in [0.2, 0.25) is 5.76 Å². The third-order valence-corrected chi connectivity index (χ3v) is 6.22. The molecule has 0 spiro atoms. The molecule has 1 aliphatic rings. The highest BCUT2D eigenvalue weighted by Gasteiger charge is 2.42. The number of amides is 1. The van der Waals surface area contributed by atoms with E-state index in [1.165, 1.54) is 0 Å². The van der Waals surface area contributed by atoms with Gasteiger partial charge in [0, 0.05) is 6.54 Å². The molecule has 5 nitrogen and oxygen atoms in total. The van der Waals surface area contributed by atoms with Gasteiger partial charge in [-0.1, -0.05) is 72.8 Å². The number of carbonyl (C=O) groups is 1. The van der Waals surface area contributed by atoms with Crippen molar-refractivity contribution in [3.63, 3.8) is 0 Å². The number of para-hydroxylation sites is 2.